The minimum absolute atomic E-state index is 0.0571. The number of likely N-dealkylation sites (tertiary alicyclic amines) is 2. The Morgan fingerprint density at radius 3 is 2.59 bits per heavy atom. The molecule has 0 saturated carbocycles. The smallest absolute Gasteiger partial charge is 0.264 e. The fraction of sp³-hybridized carbons (Fsp3) is 0.733. The molecule has 0 aromatic carbocycles. The third kappa shape index (κ3) is 3.28. The van der Waals surface area contributed by atoms with Crippen LogP contribution in [-0.4, -0.2) is 64.6 Å². The van der Waals surface area contributed by atoms with Crippen LogP contribution in [-0.2, 0) is 4.79 Å². The average Bonchev–Trinajstić information content (AvgIpc) is 2.76. The van der Waals surface area contributed by atoms with Crippen LogP contribution in [0.15, 0.2) is 11.6 Å². The lowest BCUT2D eigenvalue weighted by atomic mass is 9.96. The molecule has 2 aliphatic heterocycles. The molecule has 0 unspecified atom stereocenters. The van der Waals surface area contributed by atoms with Crippen molar-refractivity contribution in [1.82, 2.24) is 9.80 Å². The number of halogens is 2. The highest BCUT2D eigenvalue weighted by Gasteiger charge is 2.43. The van der Waals surface area contributed by atoms with E-state index < -0.39 is 17.4 Å². The standard InChI is InChI=1S/C15H21F2N3O2/c1-14(2,19-6-4-15(16,17)10-19)7-11(8-18)13(22)20-5-3-12(20)9-21/h7,12,21H,3-6,9-10H2,1-2H3/b11-7-/t12-/m1/s1. The Labute approximate surface area is 128 Å². The van der Waals surface area contributed by atoms with Gasteiger partial charge in [-0.15, -0.1) is 0 Å². The van der Waals surface area contributed by atoms with Gasteiger partial charge in [-0.05, 0) is 26.3 Å². The SMILES string of the molecule is CC(C)(/C=C(/C#N)C(=O)N1CC[C@@H]1CO)N1CCC(F)(F)C1. The fourth-order valence-corrected chi connectivity index (χ4v) is 2.87. The molecule has 0 bridgehead atoms. The first kappa shape index (κ1) is 16.8. The van der Waals surface area contributed by atoms with E-state index in [1.54, 1.807) is 18.7 Å². The highest BCUT2D eigenvalue weighted by molar-refractivity contribution is 5.98. The lowest BCUT2D eigenvalue weighted by Crippen LogP contribution is -2.53. The van der Waals surface area contributed by atoms with E-state index in [1.807, 2.05) is 6.07 Å². The van der Waals surface area contributed by atoms with Crippen molar-refractivity contribution in [3.8, 4) is 6.07 Å². The number of aliphatic hydroxyl groups is 1. The highest BCUT2D eigenvalue weighted by atomic mass is 19.3. The molecule has 2 fully saturated rings. The maximum absolute atomic E-state index is 13.4. The maximum Gasteiger partial charge on any atom is 0.264 e. The van der Waals surface area contributed by atoms with E-state index in [-0.39, 0.29) is 37.7 Å². The summed E-state index contributed by atoms with van der Waals surface area (Å²) in [7, 11) is 0. The molecule has 1 atom stereocenters. The van der Waals surface area contributed by atoms with Gasteiger partial charge in [0.1, 0.15) is 11.6 Å². The number of aliphatic hydroxyl groups excluding tert-OH is 1. The van der Waals surface area contributed by atoms with Crippen molar-refractivity contribution in [2.24, 2.45) is 0 Å². The molecule has 1 N–H and O–H groups in total. The normalized spacial score (nSPS) is 25.7. The number of rotatable bonds is 4. The van der Waals surface area contributed by atoms with Crippen LogP contribution in [0.1, 0.15) is 26.7 Å². The number of alkyl halides is 2. The maximum atomic E-state index is 13.4. The van der Waals surface area contributed by atoms with Gasteiger partial charge in [0.05, 0.1) is 19.2 Å². The van der Waals surface area contributed by atoms with Crippen LogP contribution in [0.25, 0.3) is 0 Å². The minimum atomic E-state index is -2.72. The third-order valence-electron chi connectivity index (χ3n) is 4.45. The number of carbonyl (C=O) groups is 1. The minimum Gasteiger partial charge on any atom is -0.394 e. The molecule has 1 amide bonds. The lowest BCUT2D eigenvalue weighted by molar-refractivity contribution is -0.135. The molecule has 22 heavy (non-hydrogen) atoms. The van der Waals surface area contributed by atoms with Crippen LogP contribution in [0.3, 0.4) is 0 Å². The molecule has 0 aromatic heterocycles. The second-order valence-electron chi connectivity index (χ2n) is 6.47. The van der Waals surface area contributed by atoms with Crippen LogP contribution in [0.4, 0.5) is 8.78 Å². The van der Waals surface area contributed by atoms with Crippen LogP contribution in [0, 0.1) is 11.3 Å². The number of amides is 1. The molecule has 0 spiro atoms. The summed E-state index contributed by atoms with van der Waals surface area (Å²) in [6, 6.07) is 1.62. The molecule has 2 saturated heterocycles. The van der Waals surface area contributed by atoms with Crippen LogP contribution in [0.2, 0.25) is 0 Å². The number of nitriles is 1. The van der Waals surface area contributed by atoms with Crippen molar-refractivity contribution in [3.05, 3.63) is 11.6 Å². The summed E-state index contributed by atoms with van der Waals surface area (Å²) in [5.41, 5.74) is -0.862. The monoisotopic (exact) mass is 313 g/mol. The van der Waals surface area contributed by atoms with E-state index >= 15 is 0 Å². The van der Waals surface area contributed by atoms with E-state index in [0.29, 0.717) is 13.0 Å². The van der Waals surface area contributed by atoms with Crippen molar-refractivity contribution in [2.45, 2.75) is 44.2 Å². The van der Waals surface area contributed by atoms with E-state index in [1.165, 1.54) is 11.0 Å². The van der Waals surface area contributed by atoms with Gasteiger partial charge >= 0.3 is 0 Å². The van der Waals surface area contributed by atoms with Crippen molar-refractivity contribution in [1.29, 1.82) is 5.26 Å². The van der Waals surface area contributed by atoms with E-state index in [2.05, 4.69) is 0 Å². The zero-order valence-corrected chi connectivity index (χ0v) is 12.9. The Morgan fingerprint density at radius 2 is 2.18 bits per heavy atom. The largest absolute Gasteiger partial charge is 0.394 e. The number of hydrogen-bond donors (Lipinski definition) is 1. The van der Waals surface area contributed by atoms with Gasteiger partial charge < -0.3 is 10.0 Å². The van der Waals surface area contributed by atoms with E-state index in [4.69, 9.17) is 5.11 Å². The van der Waals surface area contributed by atoms with E-state index in [0.717, 1.165) is 0 Å². The zero-order valence-electron chi connectivity index (χ0n) is 12.9. The number of nitrogens with zero attached hydrogens (tertiary/aromatic N) is 3. The molecule has 2 aliphatic rings. The van der Waals surface area contributed by atoms with Crippen LogP contribution in [0.5, 0.6) is 0 Å². The molecular formula is C15H21F2N3O2. The lowest BCUT2D eigenvalue weighted by Gasteiger charge is -2.40. The van der Waals surface area contributed by atoms with E-state index in [9.17, 15) is 18.8 Å². The van der Waals surface area contributed by atoms with Crippen molar-refractivity contribution >= 4 is 5.91 Å². The summed E-state index contributed by atoms with van der Waals surface area (Å²) >= 11 is 0. The van der Waals surface area contributed by atoms with Gasteiger partial charge in [0, 0.05) is 25.0 Å². The van der Waals surface area contributed by atoms with Gasteiger partial charge in [0.25, 0.3) is 11.8 Å². The fourth-order valence-electron chi connectivity index (χ4n) is 2.87. The third-order valence-corrected chi connectivity index (χ3v) is 4.45. The molecule has 0 aliphatic carbocycles. The Hall–Kier alpha value is -1.52. The van der Waals surface area contributed by atoms with Crippen LogP contribution >= 0.6 is 0 Å². The second-order valence-corrected chi connectivity index (χ2v) is 6.47. The predicted molar refractivity (Wildman–Crippen MR) is 76.1 cm³/mol. The number of carbonyl (C=O) groups excluding carboxylic acids is 1. The van der Waals surface area contributed by atoms with Crippen molar-refractivity contribution < 1.29 is 18.7 Å². The Balaban J connectivity index is 2.14. The first-order valence-electron chi connectivity index (χ1n) is 7.38. The first-order valence-corrected chi connectivity index (χ1v) is 7.38. The molecule has 2 heterocycles. The molecule has 2 rings (SSSR count). The average molecular weight is 313 g/mol. The quantitative estimate of drug-likeness (QED) is 0.624. The first-order chi connectivity index (χ1) is 10.2. The summed E-state index contributed by atoms with van der Waals surface area (Å²) in [6.07, 6.45) is 1.96. The molecule has 7 heteroatoms. The summed E-state index contributed by atoms with van der Waals surface area (Å²) < 4.78 is 26.7. The van der Waals surface area contributed by atoms with Gasteiger partial charge in [-0.1, -0.05) is 0 Å². The van der Waals surface area contributed by atoms with Crippen molar-refractivity contribution in [3.63, 3.8) is 0 Å². The summed E-state index contributed by atoms with van der Waals surface area (Å²) in [5, 5.41) is 18.4. The van der Waals surface area contributed by atoms with Gasteiger partial charge in [0.15, 0.2) is 0 Å². The highest BCUT2D eigenvalue weighted by Crippen LogP contribution is 2.33. The van der Waals surface area contributed by atoms with Gasteiger partial charge in [-0.25, -0.2) is 8.78 Å². The Morgan fingerprint density at radius 1 is 1.50 bits per heavy atom. The van der Waals surface area contributed by atoms with Gasteiger partial charge in [0.2, 0.25) is 0 Å². The zero-order chi connectivity index (χ0) is 16.5. The molecule has 5 nitrogen and oxygen atoms in total. The summed E-state index contributed by atoms with van der Waals surface area (Å²) in [5.74, 6) is -3.16. The summed E-state index contributed by atoms with van der Waals surface area (Å²) in [6.45, 7) is 3.67. The molecule has 0 aromatic rings. The second kappa shape index (κ2) is 5.94. The van der Waals surface area contributed by atoms with Gasteiger partial charge in [-0.2, -0.15) is 5.26 Å². The molecule has 0 radical (unpaired) electrons. The Bertz CT molecular complexity index is 523. The van der Waals surface area contributed by atoms with Crippen molar-refractivity contribution in [2.75, 3.05) is 26.2 Å². The predicted octanol–water partition coefficient (Wildman–Crippen LogP) is 1.15. The number of hydrogen-bond acceptors (Lipinski definition) is 4. The topological polar surface area (TPSA) is 67.6 Å². The Kier molecular flexibility index (Phi) is 4.54. The molecular weight excluding hydrogens is 292 g/mol. The van der Waals surface area contributed by atoms with Crippen LogP contribution < -0.4 is 0 Å². The van der Waals surface area contributed by atoms with Gasteiger partial charge in [-0.3, -0.25) is 9.69 Å². The molecule has 122 valence electrons. The summed E-state index contributed by atoms with van der Waals surface area (Å²) in [4.78, 5) is 15.3.